The fourth-order valence-corrected chi connectivity index (χ4v) is 4.65. The van der Waals surface area contributed by atoms with Crippen LogP contribution in [0.4, 0.5) is 24.5 Å². The average Bonchev–Trinajstić information content (AvgIpc) is 2.67. The monoisotopic (exact) mass is 445 g/mol. The van der Waals surface area contributed by atoms with Crippen molar-refractivity contribution in [3.05, 3.63) is 52.5 Å². The molecule has 0 aliphatic heterocycles. The van der Waals surface area contributed by atoms with Gasteiger partial charge in [-0.25, -0.2) is 9.20 Å². The van der Waals surface area contributed by atoms with Crippen LogP contribution in [0.3, 0.4) is 0 Å². The molecule has 0 fully saturated rings. The molecule has 2 aromatic rings. The Morgan fingerprint density at radius 3 is 2.48 bits per heavy atom. The molecule has 0 bridgehead atoms. The minimum Gasteiger partial charge on any atom is -0.366 e. The highest BCUT2D eigenvalue weighted by atomic mass is 35.5. The molecule has 2 aromatic carbocycles. The zero-order valence-corrected chi connectivity index (χ0v) is 18.2. The smallest absolute Gasteiger partial charge is 0.366 e. The van der Waals surface area contributed by atoms with Crippen molar-refractivity contribution in [2.75, 3.05) is 19.3 Å². The molecule has 158 valence electrons. The number of hydrogen-bond acceptors (Lipinski definition) is 3. The molecular formula is C20H23ClF3N3OS. The molecule has 0 heterocycles. The first-order valence-corrected chi connectivity index (χ1v) is 11.0. The Balaban J connectivity index is 2.56. The number of benzene rings is 2. The van der Waals surface area contributed by atoms with Crippen LogP contribution in [0.2, 0.25) is 5.02 Å². The van der Waals surface area contributed by atoms with Crippen LogP contribution in [0.25, 0.3) is 0 Å². The summed E-state index contributed by atoms with van der Waals surface area (Å²) in [6, 6.07) is 7.74. The zero-order chi connectivity index (χ0) is 21.8. The summed E-state index contributed by atoms with van der Waals surface area (Å²) in [5.74, 6) is 0.127. The van der Waals surface area contributed by atoms with E-state index in [0.717, 1.165) is 18.7 Å². The van der Waals surface area contributed by atoms with Gasteiger partial charge in [-0.05, 0) is 49.7 Å². The molecule has 9 heteroatoms. The summed E-state index contributed by atoms with van der Waals surface area (Å²) in [7, 11) is -1.14. The largest absolute Gasteiger partial charge is 0.416 e. The first kappa shape index (κ1) is 23.2. The van der Waals surface area contributed by atoms with E-state index in [1.54, 1.807) is 32.3 Å². The summed E-state index contributed by atoms with van der Waals surface area (Å²) in [4.78, 5) is 6.60. The third-order valence-corrected chi connectivity index (χ3v) is 7.02. The lowest BCUT2D eigenvalue weighted by molar-refractivity contribution is -0.137. The summed E-state index contributed by atoms with van der Waals surface area (Å²) in [6.45, 7) is 6.19. The first-order valence-electron chi connectivity index (χ1n) is 8.97. The molecule has 29 heavy (non-hydrogen) atoms. The van der Waals surface area contributed by atoms with Gasteiger partial charge in [-0.3, -0.25) is 0 Å². The molecule has 0 saturated heterocycles. The highest BCUT2D eigenvalue weighted by molar-refractivity contribution is 7.93. The van der Waals surface area contributed by atoms with Crippen LogP contribution in [0, 0.1) is 6.92 Å². The van der Waals surface area contributed by atoms with Crippen LogP contribution < -0.4 is 0 Å². The highest BCUT2D eigenvalue weighted by Gasteiger charge is 2.30. The van der Waals surface area contributed by atoms with E-state index in [4.69, 9.17) is 11.6 Å². The predicted octanol–water partition coefficient (Wildman–Crippen LogP) is 6.46. The second kappa shape index (κ2) is 9.17. The Morgan fingerprint density at radius 2 is 1.90 bits per heavy atom. The van der Waals surface area contributed by atoms with Gasteiger partial charge in [-0.15, -0.1) is 0 Å². The number of rotatable bonds is 6. The van der Waals surface area contributed by atoms with Crippen LogP contribution in [-0.2, 0) is 15.9 Å². The Hall–Kier alpha value is -2.06. The SMILES string of the molecule is CCN(C)/C=N\c1cc(C)c(S(=O)(CC)=Nc2cccc(C(F)(F)F)c2)cc1Cl. The van der Waals surface area contributed by atoms with Crippen molar-refractivity contribution >= 4 is 39.0 Å². The second-order valence-electron chi connectivity index (χ2n) is 6.46. The Morgan fingerprint density at radius 1 is 1.21 bits per heavy atom. The van der Waals surface area contributed by atoms with Crippen molar-refractivity contribution in [1.82, 2.24) is 4.90 Å². The van der Waals surface area contributed by atoms with Gasteiger partial charge in [0.05, 0.1) is 42.9 Å². The lowest BCUT2D eigenvalue weighted by atomic mass is 10.2. The van der Waals surface area contributed by atoms with Gasteiger partial charge in [-0.1, -0.05) is 24.6 Å². The molecule has 1 atom stereocenters. The van der Waals surface area contributed by atoms with Gasteiger partial charge in [0, 0.05) is 19.3 Å². The second-order valence-corrected chi connectivity index (χ2v) is 9.34. The van der Waals surface area contributed by atoms with Gasteiger partial charge < -0.3 is 4.90 Å². The molecule has 0 aromatic heterocycles. The summed E-state index contributed by atoms with van der Waals surface area (Å²) in [5, 5.41) is 0.298. The summed E-state index contributed by atoms with van der Waals surface area (Å²) >= 11 is 6.33. The van der Waals surface area contributed by atoms with Crippen LogP contribution in [0.15, 0.2) is 50.6 Å². The van der Waals surface area contributed by atoms with E-state index in [1.165, 1.54) is 12.1 Å². The Labute approximate surface area is 174 Å². The normalized spacial score (nSPS) is 14.1. The van der Waals surface area contributed by atoms with Gasteiger partial charge in [0.15, 0.2) is 0 Å². The quantitative estimate of drug-likeness (QED) is 0.378. The number of alkyl halides is 3. The molecule has 0 aliphatic carbocycles. The number of hydrogen-bond donors (Lipinski definition) is 0. The topological polar surface area (TPSA) is 45.0 Å². The highest BCUT2D eigenvalue weighted by Crippen LogP contribution is 2.35. The number of aryl methyl sites for hydroxylation is 1. The molecule has 2 rings (SSSR count). The van der Waals surface area contributed by atoms with Crippen LogP contribution >= 0.6 is 11.6 Å². The minimum absolute atomic E-state index is 0.00821. The molecule has 0 amide bonds. The van der Waals surface area contributed by atoms with Gasteiger partial charge in [0.2, 0.25) is 0 Å². The summed E-state index contributed by atoms with van der Waals surface area (Å²) in [5.41, 5.74) is 0.346. The van der Waals surface area contributed by atoms with Crippen molar-refractivity contribution in [1.29, 1.82) is 0 Å². The van der Waals surface area contributed by atoms with E-state index in [0.29, 0.717) is 21.2 Å². The van der Waals surface area contributed by atoms with Crippen molar-refractivity contribution in [2.45, 2.75) is 31.8 Å². The van der Waals surface area contributed by atoms with Gasteiger partial charge in [0.25, 0.3) is 0 Å². The standard InChI is InChI=1S/C20H23ClF3N3OS/c1-5-27(4)13-25-18-10-14(3)19(12-17(18)21)29(28,6-2)26-16-9-7-8-15(11-16)20(22,23)24/h7-13H,5-6H2,1-4H3/b25-13-. The van der Waals surface area contributed by atoms with Crippen LogP contribution in [0.5, 0.6) is 0 Å². The number of halogens is 4. The minimum atomic E-state index is -4.50. The summed E-state index contributed by atoms with van der Waals surface area (Å²) < 4.78 is 56.6. The molecule has 0 spiro atoms. The van der Waals surface area contributed by atoms with E-state index >= 15 is 0 Å². The molecule has 0 radical (unpaired) electrons. The van der Waals surface area contributed by atoms with E-state index in [-0.39, 0.29) is 11.4 Å². The number of nitrogens with zero attached hydrogens (tertiary/aromatic N) is 3. The van der Waals surface area contributed by atoms with Crippen LogP contribution in [-0.4, -0.2) is 34.8 Å². The maximum absolute atomic E-state index is 13.5. The van der Waals surface area contributed by atoms with Gasteiger partial charge in [0.1, 0.15) is 0 Å². The van der Waals surface area contributed by atoms with E-state index in [2.05, 4.69) is 9.36 Å². The third kappa shape index (κ3) is 5.73. The lowest BCUT2D eigenvalue weighted by Crippen LogP contribution is -2.14. The first-order chi connectivity index (χ1) is 13.5. The maximum Gasteiger partial charge on any atom is 0.416 e. The number of aliphatic imine (C=N–C) groups is 1. The third-order valence-electron chi connectivity index (χ3n) is 4.30. The molecule has 0 saturated carbocycles. The van der Waals surface area contributed by atoms with Crippen molar-refractivity contribution in [2.24, 2.45) is 9.36 Å². The predicted molar refractivity (Wildman–Crippen MR) is 113 cm³/mol. The van der Waals surface area contributed by atoms with E-state index in [1.807, 2.05) is 18.9 Å². The average molecular weight is 446 g/mol. The zero-order valence-electron chi connectivity index (χ0n) is 16.6. The Kier molecular flexibility index (Phi) is 7.35. The van der Waals surface area contributed by atoms with E-state index < -0.39 is 21.5 Å². The van der Waals surface area contributed by atoms with Crippen molar-refractivity contribution in [3.8, 4) is 0 Å². The molecule has 1 unspecified atom stereocenters. The molecule has 4 nitrogen and oxygen atoms in total. The van der Waals surface area contributed by atoms with Crippen molar-refractivity contribution in [3.63, 3.8) is 0 Å². The Bertz CT molecular complexity index is 1030. The lowest BCUT2D eigenvalue weighted by Gasteiger charge is -2.14. The molecule has 0 aliphatic rings. The molecule has 0 N–H and O–H groups in total. The van der Waals surface area contributed by atoms with Gasteiger partial charge in [-0.2, -0.15) is 17.5 Å². The molecular weight excluding hydrogens is 423 g/mol. The van der Waals surface area contributed by atoms with E-state index in [9.17, 15) is 17.4 Å². The maximum atomic E-state index is 13.5. The van der Waals surface area contributed by atoms with Crippen LogP contribution in [0.1, 0.15) is 25.0 Å². The fraction of sp³-hybridized carbons (Fsp3) is 0.350. The van der Waals surface area contributed by atoms with Crippen molar-refractivity contribution < 1.29 is 17.4 Å². The fourth-order valence-electron chi connectivity index (χ4n) is 2.51. The van der Waals surface area contributed by atoms with Gasteiger partial charge >= 0.3 is 6.18 Å². The summed E-state index contributed by atoms with van der Waals surface area (Å²) in [6.07, 6.45) is -2.85.